The van der Waals surface area contributed by atoms with Gasteiger partial charge in [-0.1, -0.05) is 23.7 Å². The third kappa shape index (κ3) is 4.74. The van der Waals surface area contributed by atoms with E-state index >= 15 is 0 Å². The van der Waals surface area contributed by atoms with Crippen molar-refractivity contribution >= 4 is 28.3 Å². The summed E-state index contributed by atoms with van der Waals surface area (Å²) in [6.45, 7) is 0.530. The summed E-state index contributed by atoms with van der Waals surface area (Å²) in [5, 5.41) is 20.1. The van der Waals surface area contributed by atoms with Crippen molar-refractivity contribution in [2.45, 2.75) is 6.54 Å². The molecule has 0 fully saturated rings. The average molecular weight is 479 g/mol. The quantitative estimate of drug-likeness (QED) is 0.268. The Morgan fingerprint density at radius 3 is 2.29 bits per heavy atom. The number of phenolic OH excluding ortho intramolecular Hbond substituents is 1. The van der Waals surface area contributed by atoms with E-state index in [1.54, 1.807) is 48.5 Å². The van der Waals surface area contributed by atoms with Gasteiger partial charge in [0.15, 0.2) is 5.78 Å². The largest absolute Gasteiger partial charge is 0.508 e. The molecule has 0 unspecified atom stereocenters. The van der Waals surface area contributed by atoms with Gasteiger partial charge in [-0.05, 0) is 84.4 Å². The second-order valence-electron chi connectivity index (χ2n) is 8.09. The molecule has 0 aliphatic carbocycles. The van der Waals surface area contributed by atoms with E-state index in [9.17, 15) is 9.90 Å². The normalized spacial score (nSPS) is 10.7. The molecule has 6 heteroatoms. The monoisotopic (exact) mass is 478 g/mol. The molecule has 4 aromatic carbocycles. The zero-order valence-electron chi connectivity index (χ0n) is 18.5. The van der Waals surface area contributed by atoms with Gasteiger partial charge in [0.05, 0.1) is 11.6 Å². The summed E-state index contributed by atoms with van der Waals surface area (Å²) in [7, 11) is 0. The Kier molecular flexibility index (Phi) is 5.97. The number of rotatable bonds is 6. The molecule has 5 nitrogen and oxygen atoms in total. The van der Waals surface area contributed by atoms with Crippen molar-refractivity contribution in [1.82, 2.24) is 4.57 Å². The van der Waals surface area contributed by atoms with Gasteiger partial charge in [0, 0.05) is 39.8 Å². The smallest absolute Gasteiger partial charge is 0.195 e. The molecule has 0 atom stereocenters. The highest BCUT2D eigenvalue weighted by Crippen LogP contribution is 2.31. The van der Waals surface area contributed by atoms with Crippen molar-refractivity contribution < 1.29 is 14.6 Å². The van der Waals surface area contributed by atoms with Crippen LogP contribution in [0.1, 0.15) is 27.0 Å². The molecular weight excluding hydrogens is 460 g/mol. The molecule has 5 rings (SSSR count). The Balaban J connectivity index is 1.57. The average Bonchev–Trinajstić information content (AvgIpc) is 3.23. The highest BCUT2D eigenvalue weighted by atomic mass is 35.5. The minimum absolute atomic E-state index is 0.100. The number of nitriles is 1. The van der Waals surface area contributed by atoms with Crippen LogP contribution in [0.4, 0.5) is 0 Å². The number of ether oxygens (including phenoxy) is 1. The number of fused-ring (bicyclic) bond motifs is 1. The van der Waals surface area contributed by atoms with E-state index in [0.717, 1.165) is 16.5 Å². The number of aromatic hydroxyl groups is 1. The molecule has 35 heavy (non-hydrogen) atoms. The number of nitrogens with zero attached hydrogens (tertiary/aromatic N) is 2. The summed E-state index contributed by atoms with van der Waals surface area (Å²) in [5.74, 6) is 1.17. The molecular formula is C29H19ClN2O3. The number of aromatic nitrogens is 1. The van der Waals surface area contributed by atoms with Crippen LogP contribution in [0, 0.1) is 11.3 Å². The van der Waals surface area contributed by atoms with Crippen LogP contribution in [0.15, 0.2) is 97.2 Å². The second kappa shape index (κ2) is 9.38. The number of hydrogen-bond donors (Lipinski definition) is 1. The molecule has 5 aromatic rings. The number of carbonyl (C=O) groups excluding carboxylic acids is 1. The molecule has 0 aliphatic rings. The van der Waals surface area contributed by atoms with Gasteiger partial charge in [0.1, 0.15) is 17.2 Å². The van der Waals surface area contributed by atoms with E-state index in [2.05, 4.69) is 6.07 Å². The van der Waals surface area contributed by atoms with Crippen molar-refractivity contribution in [3.63, 3.8) is 0 Å². The topological polar surface area (TPSA) is 75.2 Å². The van der Waals surface area contributed by atoms with E-state index in [4.69, 9.17) is 21.6 Å². The van der Waals surface area contributed by atoms with Crippen LogP contribution in [0.5, 0.6) is 17.2 Å². The zero-order chi connectivity index (χ0) is 24.4. The lowest BCUT2D eigenvalue weighted by Gasteiger charge is -2.08. The van der Waals surface area contributed by atoms with E-state index in [1.807, 2.05) is 41.1 Å². The van der Waals surface area contributed by atoms with Crippen molar-refractivity contribution in [3.8, 4) is 23.3 Å². The summed E-state index contributed by atoms with van der Waals surface area (Å²) < 4.78 is 8.02. The molecule has 0 saturated carbocycles. The predicted octanol–water partition coefficient (Wildman–Crippen LogP) is 6.94. The maximum absolute atomic E-state index is 13.4. The number of ketones is 1. The SMILES string of the molecule is N#Cc1ccc(Cn2cc(C(=O)c3ccc(O)cc3)c3cc(Oc4ccc(Cl)cc4)ccc32)cc1. The number of benzene rings is 4. The Bertz CT molecular complexity index is 1560. The molecule has 0 amide bonds. The summed E-state index contributed by atoms with van der Waals surface area (Å²) in [5.41, 5.74) is 3.48. The standard InChI is InChI=1S/C29H19ClN2O3/c30-22-7-11-24(12-8-22)35-25-13-14-28-26(15-25)27(29(34)21-5-9-23(33)10-6-21)18-32(28)17-20-3-1-19(16-31)2-4-20/h1-15,18,33H,17H2. The zero-order valence-corrected chi connectivity index (χ0v) is 19.2. The molecule has 1 heterocycles. The van der Waals surface area contributed by atoms with Crippen molar-refractivity contribution in [3.05, 3.63) is 124 Å². The molecule has 0 spiro atoms. The van der Waals surface area contributed by atoms with E-state index in [0.29, 0.717) is 39.8 Å². The fourth-order valence-electron chi connectivity index (χ4n) is 3.94. The van der Waals surface area contributed by atoms with Gasteiger partial charge in [-0.3, -0.25) is 4.79 Å². The van der Waals surface area contributed by atoms with Crippen LogP contribution in [0.2, 0.25) is 5.02 Å². The first-order valence-corrected chi connectivity index (χ1v) is 11.3. The Hall–Kier alpha value is -4.53. The lowest BCUT2D eigenvalue weighted by atomic mass is 10.0. The first-order valence-electron chi connectivity index (χ1n) is 10.9. The summed E-state index contributed by atoms with van der Waals surface area (Å²) >= 11 is 5.98. The first-order chi connectivity index (χ1) is 17.0. The number of halogens is 1. The Morgan fingerprint density at radius 1 is 0.914 bits per heavy atom. The number of carbonyl (C=O) groups is 1. The van der Waals surface area contributed by atoms with Gasteiger partial charge in [0.25, 0.3) is 0 Å². The Morgan fingerprint density at radius 2 is 1.60 bits per heavy atom. The van der Waals surface area contributed by atoms with E-state index in [-0.39, 0.29) is 11.5 Å². The minimum Gasteiger partial charge on any atom is -0.508 e. The first kappa shape index (κ1) is 22.3. The fourth-order valence-corrected chi connectivity index (χ4v) is 4.07. The van der Waals surface area contributed by atoms with Gasteiger partial charge in [-0.2, -0.15) is 5.26 Å². The molecule has 0 aliphatic heterocycles. The maximum Gasteiger partial charge on any atom is 0.195 e. The number of hydrogen-bond acceptors (Lipinski definition) is 4. The molecule has 0 bridgehead atoms. The fraction of sp³-hybridized carbons (Fsp3) is 0.0345. The highest BCUT2D eigenvalue weighted by Gasteiger charge is 2.18. The van der Waals surface area contributed by atoms with Crippen LogP contribution in [0.25, 0.3) is 10.9 Å². The summed E-state index contributed by atoms with van der Waals surface area (Å²) in [4.78, 5) is 13.4. The number of phenols is 1. The lowest BCUT2D eigenvalue weighted by Crippen LogP contribution is -2.01. The van der Waals surface area contributed by atoms with Crippen molar-refractivity contribution in [1.29, 1.82) is 5.26 Å². The van der Waals surface area contributed by atoms with Crippen LogP contribution < -0.4 is 4.74 Å². The van der Waals surface area contributed by atoms with Crippen LogP contribution in [-0.2, 0) is 6.54 Å². The second-order valence-corrected chi connectivity index (χ2v) is 8.53. The maximum atomic E-state index is 13.4. The third-order valence-corrected chi connectivity index (χ3v) is 5.96. The molecule has 170 valence electrons. The van der Waals surface area contributed by atoms with Crippen molar-refractivity contribution in [2.24, 2.45) is 0 Å². The van der Waals surface area contributed by atoms with E-state index in [1.165, 1.54) is 12.1 Å². The van der Waals surface area contributed by atoms with Crippen LogP contribution in [0.3, 0.4) is 0 Å². The predicted molar refractivity (Wildman–Crippen MR) is 135 cm³/mol. The van der Waals surface area contributed by atoms with Crippen LogP contribution in [-0.4, -0.2) is 15.5 Å². The third-order valence-electron chi connectivity index (χ3n) is 5.71. The molecule has 0 radical (unpaired) electrons. The summed E-state index contributed by atoms with van der Waals surface area (Å²) in [6.07, 6.45) is 1.84. The van der Waals surface area contributed by atoms with Crippen LogP contribution >= 0.6 is 11.6 Å². The Labute approximate surface area is 207 Å². The van der Waals surface area contributed by atoms with Gasteiger partial charge in [-0.15, -0.1) is 0 Å². The highest BCUT2D eigenvalue weighted by molar-refractivity contribution is 6.30. The molecule has 0 saturated heterocycles. The van der Waals surface area contributed by atoms with Gasteiger partial charge in [0.2, 0.25) is 0 Å². The van der Waals surface area contributed by atoms with Gasteiger partial charge < -0.3 is 14.4 Å². The van der Waals surface area contributed by atoms with Gasteiger partial charge in [-0.25, -0.2) is 0 Å². The summed E-state index contributed by atoms with van der Waals surface area (Å²) in [6, 6.07) is 28.4. The van der Waals surface area contributed by atoms with Gasteiger partial charge >= 0.3 is 0 Å². The minimum atomic E-state index is -0.155. The van der Waals surface area contributed by atoms with Crippen molar-refractivity contribution in [2.75, 3.05) is 0 Å². The molecule has 1 N–H and O–H groups in total. The van der Waals surface area contributed by atoms with E-state index < -0.39 is 0 Å². The lowest BCUT2D eigenvalue weighted by molar-refractivity contribution is 0.104. The molecule has 1 aromatic heterocycles.